The van der Waals surface area contributed by atoms with Gasteiger partial charge in [0.2, 0.25) is 0 Å². The van der Waals surface area contributed by atoms with Gasteiger partial charge in [-0.3, -0.25) is 0 Å². The molecule has 0 aromatic carbocycles. The zero-order chi connectivity index (χ0) is 22.0. The minimum atomic E-state index is 0.436. The van der Waals surface area contributed by atoms with Crippen molar-refractivity contribution >= 4 is 11.6 Å². The molecule has 0 bridgehead atoms. The smallest absolute Gasteiger partial charge is 0.149 e. The van der Waals surface area contributed by atoms with Crippen LogP contribution in [0.3, 0.4) is 0 Å². The zero-order valence-corrected chi connectivity index (χ0v) is 18.9. The van der Waals surface area contributed by atoms with Crippen molar-refractivity contribution in [3.63, 3.8) is 0 Å². The third kappa shape index (κ3) is 6.82. The fourth-order valence-electron chi connectivity index (χ4n) is 4.40. The van der Waals surface area contributed by atoms with Crippen molar-refractivity contribution in [2.24, 2.45) is 5.92 Å². The molecule has 32 heavy (non-hydrogen) atoms. The second kappa shape index (κ2) is 12.0. The molecule has 3 heterocycles. The number of ether oxygens (including phenoxy) is 2. The Hall–Kier alpha value is -2.36. The summed E-state index contributed by atoms with van der Waals surface area (Å²) in [5.74, 6) is 2.26. The maximum Gasteiger partial charge on any atom is 0.149 e. The standard InChI is InChI=1S/C23H35N7O2/c1-31-11-8-24-19-2-4-20(5-3-19)29-22-13-21(26-16-27-22)18-12-23(30-28-15-18)25-14-17-6-9-32-10-7-17/h12-13,15-17,19-20,24H,2-11,14H2,1H3,(H,25,30)(H,26,27,29). The first kappa shape index (κ1) is 22.8. The van der Waals surface area contributed by atoms with E-state index in [-0.39, 0.29) is 0 Å². The molecule has 0 atom stereocenters. The van der Waals surface area contributed by atoms with Crippen molar-refractivity contribution in [1.82, 2.24) is 25.5 Å². The summed E-state index contributed by atoms with van der Waals surface area (Å²) >= 11 is 0. The van der Waals surface area contributed by atoms with Gasteiger partial charge >= 0.3 is 0 Å². The molecule has 9 nitrogen and oxygen atoms in total. The number of nitrogens with one attached hydrogen (secondary N) is 3. The zero-order valence-electron chi connectivity index (χ0n) is 18.9. The summed E-state index contributed by atoms with van der Waals surface area (Å²) in [5, 5.41) is 19.0. The summed E-state index contributed by atoms with van der Waals surface area (Å²) in [6.07, 6.45) is 10.1. The van der Waals surface area contributed by atoms with Crippen LogP contribution in [0.5, 0.6) is 0 Å². The van der Waals surface area contributed by atoms with Crippen LogP contribution in [0.2, 0.25) is 0 Å². The van der Waals surface area contributed by atoms with Gasteiger partial charge in [-0.05, 0) is 50.5 Å². The van der Waals surface area contributed by atoms with Crippen LogP contribution in [0.1, 0.15) is 38.5 Å². The lowest BCUT2D eigenvalue weighted by Crippen LogP contribution is -2.38. The van der Waals surface area contributed by atoms with E-state index < -0.39 is 0 Å². The van der Waals surface area contributed by atoms with Gasteiger partial charge in [-0.15, -0.1) is 5.10 Å². The molecule has 2 fully saturated rings. The number of anilines is 2. The van der Waals surface area contributed by atoms with Crippen LogP contribution < -0.4 is 16.0 Å². The highest BCUT2D eigenvalue weighted by Gasteiger charge is 2.21. The lowest BCUT2D eigenvalue weighted by molar-refractivity contribution is 0.0699. The monoisotopic (exact) mass is 441 g/mol. The molecule has 2 aromatic heterocycles. The molecule has 2 aromatic rings. The van der Waals surface area contributed by atoms with Crippen molar-refractivity contribution < 1.29 is 9.47 Å². The summed E-state index contributed by atoms with van der Waals surface area (Å²) in [6.45, 7) is 4.27. The van der Waals surface area contributed by atoms with Gasteiger partial charge < -0.3 is 25.4 Å². The highest BCUT2D eigenvalue weighted by molar-refractivity contribution is 5.64. The number of aromatic nitrogens is 4. The molecular formula is C23H35N7O2. The molecule has 0 amide bonds. The van der Waals surface area contributed by atoms with Crippen LogP contribution in [-0.2, 0) is 9.47 Å². The molecule has 2 aliphatic rings. The predicted molar refractivity (Wildman–Crippen MR) is 125 cm³/mol. The Balaban J connectivity index is 1.30. The summed E-state index contributed by atoms with van der Waals surface area (Å²) in [5.41, 5.74) is 1.78. The molecule has 1 saturated heterocycles. The van der Waals surface area contributed by atoms with Gasteiger partial charge in [0.1, 0.15) is 18.0 Å². The molecule has 174 valence electrons. The van der Waals surface area contributed by atoms with Crippen molar-refractivity contribution in [3.8, 4) is 11.3 Å². The quantitative estimate of drug-likeness (QED) is 0.480. The second-order valence-corrected chi connectivity index (χ2v) is 8.69. The van der Waals surface area contributed by atoms with Gasteiger partial charge in [-0.1, -0.05) is 0 Å². The fourth-order valence-corrected chi connectivity index (χ4v) is 4.40. The van der Waals surface area contributed by atoms with E-state index in [1.807, 2.05) is 12.1 Å². The summed E-state index contributed by atoms with van der Waals surface area (Å²) in [4.78, 5) is 8.90. The molecule has 1 aliphatic carbocycles. The SMILES string of the molecule is COCCNC1CCC(Nc2cc(-c3cnnc(NCC4CCOCC4)c3)ncn2)CC1. The van der Waals surface area contributed by atoms with Crippen molar-refractivity contribution in [2.75, 3.05) is 50.7 Å². The highest BCUT2D eigenvalue weighted by atomic mass is 16.5. The Bertz CT molecular complexity index is 823. The number of hydrogen-bond acceptors (Lipinski definition) is 9. The first-order valence-corrected chi connectivity index (χ1v) is 11.8. The molecule has 3 N–H and O–H groups in total. The fraction of sp³-hybridized carbons (Fsp3) is 0.652. The minimum absolute atomic E-state index is 0.436. The van der Waals surface area contributed by atoms with Gasteiger partial charge in [0.15, 0.2) is 0 Å². The number of nitrogens with zero attached hydrogens (tertiary/aromatic N) is 4. The summed E-state index contributed by atoms with van der Waals surface area (Å²) in [7, 11) is 1.74. The van der Waals surface area contributed by atoms with E-state index in [2.05, 4.69) is 36.1 Å². The predicted octanol–water partition coefficient (Wildman–Crippen LogP) is 2.73. The highest BCUT2D eigenvalue weighted by Crippen LogP contribution is 2.24. The van der Waals surface area contributed by atoms with Gasteiger partial charge in [0.05, 0.1) is 18.5 Å². The minimum Gasteiger partial charge on any atom is -0.383 e. The molecule has 0 radical (unpaired) electrons. The Kier molecular flexibility index (Phi) is 8.58. The van der Waals surface area contributed by atoms with Crippen molar-refractivity contribution in [2.45, 2.75) is 50.6 Å². The first-order chi connectivity index (χ1) is 15.8. The van der Waals surface area contributed by atoms with E-state index in [1.165, 1.54) is 0 Å². The van der Waals surface area contributed by atoms with Crippen LogP contribution in [0.4, 0.5) is 11.6 Å². The maximum absolute atomic E-state index is 5.44. The Morgan fingerprint density at radius 1 is 1.00 bits per heavy atom. The third-order valence-electron chi connectivity index (χ3n) is 6.35. The van der Waals surface area contributed by atoms with E-state index in [0.717, 1.165) is 94.3 Å². The molecule has 0 spiro atoms. The van der Waals surface area contributed by atoms with Crippen LogP contribution in [0.15, 0.2) is 24.7 Å². The Morgan fingerprint density at radius 3 is 2.62 bits per heavy atom. The molecular weight excluding hydrogens is 406 g/mol. The van der Waals surface area contributed by atoms with Gasteiger partial charge in [0, 0.05) is 57.1 Å². The van der Waals surface area contributed by atoms with Crippen LogP contribution in [0.25, 0.3) is 11.3 Å². The molecule has 0 unspecified atom stereocenters. The lowest BCUT2D eigenvalue weighted by atomic mass is 9.91. The number of rotatable bonds is 10. The van der Waals surface area contributed by atoms with Crippen molar-refractivity contribution in [1.29, 1.82) is 0 Å². The first-order valence-electron chi connectivity index (χ1n) is 11.8. The third-order valence-corrected chi connectivity index (χ3v) is 6.35. The van der Waals surface area contributed by atoms with Crippen LogP contribution >= 0.6 is 0 Å². The van der Waals surface area contributed by atoms with Gasteiger partial charge in [0.25, 0.3) is 0 Å². The summed E-state index contributed by atoms with van der Waals surface area (Å²) < 4.78 is 10.6. The average Bonchev–Trinajstić information content (AvgIpc) is 2.85. The molecule has 4 rings (SSSR count). The van der Waals surface area contributed by atoms with Gasteiger partial charge in [-0.2, -0.15) is 5.10 Å². The van der Waals surface area contributed by atoms with Gasteiger partial charge in [-0.25, -0.2) is 9.97 Å². The Labute approximate surface area is 190 Å². The largest absolute Gasteiger partial charge is 0.383 e. The number of hydrogen-bond donors (Lipinski definition) is 3. The van der Waals surface area contributed by atoms with E-state index in [9.17, 15) is 0 Å². The molecule has 9 heteroatoms. The number of methoxy groups -OCH3 is 1. The van der Waals surface area contributed by atoms with Crippen LogP contribution in [0, 0.1) is 5.92 Å². The molecule has 1 saturated carbocycles. The van der Waals surface area contributed by atoms with E-state index in [4.69, 9.17) is 9.47 Å². The maximum atomic E-state index is 5.44. The van der Waals surface area contributed by atoms with Crippen LogP contribution in [-0.4, -0.2) is 72.3 Å². The average molecular weight is 442 g/mol. The van der Waals surface area contributed by atoms with Crippen molar-refractivity contribution in [3.05, 3.63) is 24.7 Å². The summed E-state index contributed by atoms with van der Waals surface area (Å²) in [6, 6.07) is 5.03. The van der Waals surface area contributed by atoms with E-state index >= 15 is 0 Å². The van der Waals surface area contributed by atoms with E-state index in [1.54, 1.807) is 19.6 Å². The topological polar surface area (TPSA) is 106 Å². The lowest BCUT2D eigenvalue weighted by Gasteiger charge is -2.30. The molecule has 1 aliphatic heterocycles. The Morgan fingerprint density at radius 2 is 1.81 bits per heavy atom. The normalized spacial score (nSPS) is 21.9. The van der Waals surface area contributed by atoms with E-state index in [0.29, 0.717) is 18.0 Å². The second-order valence-electron chi connectivity index (χ2n) is 8.69.